The summed E-state index contributed by atoms with van der Waals surface area (Å²) < 4.78 is 1.97. The lowest BCUT2D eigenvalue weighted by Gasteiger charge is -2.23. The van der Waals surface area contributed by atoms with Gasteiger partial charge in [0.1, 0.15) is 6.04 Å². The maximum absolute atomic E-state index is 12.5. The Morgan fingerprint density at radius 3 is 2.70 bits per heavy atom. The molecule has 23 heavy (non-hydrogen) atoms. The van der Waals surface area contributed by atoms with Crippen molar-refractivity contribution in [2.24, 2.45) is 0 Å². The molecule has 0 aliphatic carbocycles. The molecule has 2 N–H and O–H groups in total. The summed E-state index contributed by atoms with van der Waals surface area (Å²) in [5.74, 6) is -0.112. The Morgan fingerprint density at radius 1 is 1.17 bits per heavy atom. The molecule has 120 valence electrons. The van der Waals surface area contributed by atoms with Gasteiger partial charge in [-0.05, 0) is 43.2 Å². The monoisotopic (exact) mass is 312 g/mol. The van der Waals surface area contributed by atoms with E-state index in [0.29, 0.717) is 18.7 Å². The molecule has 0 saturated carbocycles. The average Bonchev–Trinajstić information content (AvgIpc) is 3.25. The van der Waals surface area contributed by atoms with E-state index >= 15 is 0 Å². The van der Waals surface area contributed by atoms with Gasteiger partial charge in [0.25, 0.3) is 0 Å². The van der Waals surface area contributed by atoms with Crippen molar-refractivity contribution in [1.82, 2.24) is 14.8 Å². The molecule has 0 unspecified atom stereocenters. The zero-order valence-corrected chi connectivity index (χ0v) is 13.0. The van der Waals surface area contributed by atoms with Gasteiger partial charge in [0, 0.05) is 37.4 Å². The molecule has 3 rings (SSSR count). The number of amides is 3. The Morgan fingerprint density at radius 2 is 1.96 bits per heavy atom. The summed E-state index contributed by atoms with van der Waals surface area (Å²) in [4.78, 5) is 25.9. The summed E-state index contributed by atoms with van der Waals surface area (Å²) in [7, 11) is 1.59. The van der Waals surface area contributed by atoms with Gasteiger partial charge in [0.2, 0.25) is 5.91 Å². The Balaban J connectivity index is 1.73. The molecule has 6 heteroatoms. The first kappa shape index (κ1) is 15.1. The van der Waals surface area contributed by atoms with Crippen LogP contribution in [0.25, 0.3) is 5.69 Å². The summed E-state index contributed by atoms with van der Waals surface area (Å²) in [5, 5.41) is 5.51. The van der Waals surface area contributed by atoms with Crippen molar-refractivity contribution in [2.75, 3.05) is 18.9 Å². The lowest BCUT2D eigenvalue weighted by Crippen LogP contribution is -2.46. The second-order valence-electron chi connectivity index (χ2n) is 5.54. The van der Waals surface area contributed by atoms with Gasteiger partial charge in [-0.15, -0.1) is 0 Å². The van der Waals surface area contributed by atoms with E-state index < -0.39 is 0 Å². The van der Waals surface area contributed by atoms with Crippen LogP contribution in [-0.4, -0.2) is 41.0 Å². The van der Waals surface area contributed by atoms with Gasteiger partial charge >= 0.3 is 6.03 Å². The average molecular weight is 312 g/mol. The highest BCUT2D eigenvalue weighted by Crippen LogP contribution is 2.20. The van der Waals surface area contributed by atoms with E-state index in [1.54, 1.807) is 11.9 Å². The van der Waals surface area contributed by atoms with Crippen molar-refractivity contribution >= 4 is 17.6 Å². The fourth-order valence-corrected chi connectivity index (χ4v) is 2.90. The van der Waals surface area contributed by atoms with E-state index in [-0.39, 0.29) is 18.0 Å². The third kappa shape index (κ3) is 3.21. The molecule has 0 bridgehead atoms. The molecule has 1 aliphatic rings. The Kier molecular flexibility index (Phi) is 4.32. The van der Waals surface area contributed by atoms with Crippen LogP contribution in [0.4, 0.5) is 10.5 Å². The number of anilines is 1. The van der Waals surface area contributed by atoms with Crippen LogP contribution >= 0.6 is 0 Å². The standard InChI is InChI=1S/C17H20N4O2/c1-18-16(22)15-8-5-11-21(15)17(23)19-13-6-4-7-14(12-13)20-9-2-3-10-20/h2-4,6-7,9-10,12,15H,5,8,11H2,1H3,(H,18,22)(H,19,23)/t15-/m0/s1. The Labute approximate surface area is 135 Å². The molecule has 0 spiro atoms. The summed E-state index contributed by atoms with van der Waals surface area (Å²) in [5.41, 5.74) is 1.68. The summed E-state index contributed by atoms with van der Waals surface area (Å²) in [6, 6.07) is 10.9. The van der Waals surface area contributed by atoms with Crippen LogP contribution in [0.15, 0.2) is 48.8 Å². The number of aromatic nitrogens is 1. The van der Waals surface area contributed by atoms with Gasteiger partial charge in [-0.3, -0.25) is 4.79 Å². The van der Waals surface area contributed by atoms with Crippen molar-refractivity contribution in [2.45, 2.75) is 18.9 Å². The number of carbonyl (C=O) groups is 2. The summed E-state index contributed by atoms with van der Waals surface area (Å²) >= 11 is 0. The molecule has 0 radical (unpaired) electrons. The number of likely N-dealkylation sites (N-methyl/N-ethyl adjacent to an activating group) is 1. The quantitative estimate of drug-likeness (QED) is 0.912. The summed E-state index contributed by atoms with van der Waals surface area (Å²) in [6.07, 6.45) is 5.44. The third-order valence-electron chi connectivity index (χ3n) is 4.06. The number of nitrogens with zero attached hydrogens (tertiary/aromatic N) is 2. The smallest absolute Gasteiger partial charge is 0.322 e. The topological polar surface area (TPSA) is 66.4 Å². The van der Waals surface area contributed by atoms with E-state index in [1.165, 1.54) is 0 Å². The first-order valence-electron chi connectivity index (χ1n) is 7.71. The number of urea groups is 1. The number of nitrogens with one attached hydrogen (secondary N) is 2. The molecule has 1 aromatic carbocycles. The van der Waals surface area contributed by atoms with Crippen LogP contribution in [0.2, 0.25) is 0 Å². The second kappa shape index (κ2) is 6.56. The highest BCUT2D eigenvalue weighted by Gasteiger charge is 2.33. The first-order valence-corrected chi connectivity index (χ1v) is 7.71. The van der Waals surface area contributed by atoms with Gasteiger partial charge in [0.05, 0.1) is 0 Å². The molecule has 6 nitrogen and oxygen atoms in total. The number of benzene rings is 1. The minimum Gasteiger partial charge on any atom is -0.357 e. The van der Waals surface area contributed by atoms with Gasteiger partial charge < -0.3 is 20.1 Å². The highest BCUT2D eigenvalue weighted by molar-refractivity contribution is 5.94. The van der Waals surface area contributed by atoms with E-state index in [9.17, 15) is 9.59 Å². The lowest BCUT2D eigenvalue weighted by atomic mass is 10.2. The van der Waals surface area contributed by atoms with Gasteiger partial charge in [-0.1, -0.05) is 6.07 Å². The molecule has 1 aromatic heterocycles. The van der Waals surface area contributed by atoms with Crippen LogP contribution in [0.3, 0.4) is 0 Å². The predicted molar refractivity (Wildman–Crippen MR) is 88.6 cm³/mol. The van der Waals surface area contributed by atoms with Crippen molar-refractivity contribution < 1.29 is 9.59 Å². The third-order valence-corrected chi connectivity index (χ3v) is 4.06. The van der Waals surface area contributed by atoms with Crippen molar-refractivity contribution in [3.8, 4) is 5.69 Å². The molecular weight excluding hydrogens is 292 g/mol. The van der Waals surface area contributed by atoms with Crippen LogP contribution < -0.4 is 10.6 Å². The maximum Gasteiger partial charge on any atom is 0.322 e. The van der Waals surface area contributed by atoms with E-state index in [1.807, 2.05) is 53.4 Å². The van der Waals surface area contributed by atoms with Crippen molar-refractivity contribution in [3.63, 3.8) is 0 Å². The zero-order chi connectivity index (χ0) is 16.2. The lowest BCUT2D eigenvalue weighted by molar-refractivity contribution is -0.124. The number of hydrogen-bond donors (Lipinski definition) is 2. The normalized spacial score (nSPS) is 17.1. The van der Waals surface area contributed by atoms with Crippen molar-refractivity contribution in [3.05, 3.63) is 48.8 Å². The molecule has 1 saturated heterocycles. The molecule has 1 atom stereocenters. The fraction of sp³-hybridized carbons (Fsp3) is 0.294. The number of rotatable bonds is 3. The van der Waals surface area contributed by atoms with E-state index in [0.717, 1.165) is 12.1 Å². The Hall–Kier alpha value is -2.76. The Bertz CT molecular complexity index is 696. The van der Waals surface area contributed by atoms with E-state index in [4.69, 9.17) is 0 Å². The fourth-order valence-electron chi connectivity index (χ4n) is 2.90. The number of hydrogen-bond acceptors (Lipinski definition) is 2. The van der Waals surface area contributed by atoms with Crippen LogP contribution in [0.5, 0.6) is 0 Å². The van der Waals surface area contributed by atoms with Gasteiger partial charge in [-0.25, -0.2) is 4.79 Å². The van der Waals surface area contributed by atoms with Gasteiger partial charge in [-0.2, -0.15) is 0 Å². The van der Waals surface area contributed by atoms with Gasteiger partial charge in [0.15, 0.2) is 0 Å². The first-order chi connectivity index (χ1) is 11.2. The maximum atomic E-state index is 12.5. The van der Waals surface area contributed by atoms with Crippen molar-refractivity contribution in [1.29, 1.82) is 0 Å². The predicted octanol–water partition coefficient (Wildman–Crippen LogP) is 2.22. The molecule has 3 amide bonds. The number of carbonyl (C=O) groups excluding carboxylic acids is 2. The second-order valence-corrected chi connectivity index (χ2v) is 5.54. The largest absolute Gasteiger partial charge is 0.357 e. The zero-order valence-electron chi connectivity index (χ0n) is 13.0. The number of likely N-dealkylation sites (tertiary alicyclic amines) is 1. The highest BCUT2D eigenvalue weighted by atomic mass is 16.2. The SMILES string of the molecule is CNC(=O)[C@@H]1CCCN1C(=O)Nc1cccc(-n2cccc2)c1. The minimum absolute atomic E-state index is 0.112. The molecular formula is C17H20N4O2. The van der Waals surface area contributed by atoms with Crippen LogP contribution in [-0.2, 0) is 4.79 Å². The minimum atomic E-state index is -0.382. The van der Waals surface area contributed by atoms with Crippen LogP contribution in [0.1, 0.15) is 12.8 Å². The van der Waals surface area contributed by atoms with Crippen LogP contribution in [0, 0.1) is 0 Å². The van der Waals surface area contributed by atoms with E-state index in [2.05, 4.69) is 10.6 Å². The summed E-state index contributed by atoms with van der Waals surface area (Å²) in [6.45, 7) is 0.598. The molecule has 2 heterocycles. The molecule has 1 aliphatic heterocycles. The molecule has 1 fully saturated rings. The molecule has 2 aromatic rings.